The topological polar surface area (TPSA) is 96.8 Å². The first-order valence-corrected chi connectivity index (χ1v) is 9.31. The summed E-state index contributed by atoms with van der Waals surface area (Å²) in [6.07, 6.45) is 6.29. The SMILES string of the molecule is COc1ccc(S(=O)(=O)N(C=CCCC(=O)O)Cc2cccnc2)cc1. The number of carboxylic acids is 1. The number of methoxy groups -OCH3 is 1. The molecule has 2 aromatic rings. The van der Waals surface area contributed by atoms with E-state index < -0.39 is 16.0 Å². The minimum absolute atomic E-state index is 0.0696. The van der Waals surface area contributed by atoms with Gasteiger partial charge in [0.05, 0.1) is 18.6 Å². The molecule has 0 aliphatic carbocycles. The van der Waals surface area contributed by atoms with Crippen molar-refractivity contribution in [2.24, 2.45) is 0 Å². The second-order valence-corrected chi connectivity index (χ2v) is 7.29. The molecule has 8 heteroatoms. The Balaban J connectivity index is 2.28. The molecule has 0 unspecified atom stereocenters. The van der Waals surface area contributed by atoms with E-state index in [2.05, 4.69) is 4.98 Å². The predicted molar refractivity (Wildman–Crippen MR) is 96.0 cm³/mol. The fraction of sp³-hybridized carbons (Fsp3) is 0.222. The van der Waals surface area contributed by atoms with Crippen molar-refractivity contribution in [1.29, 1.82) is 0 Å². The Kier molecular flexibility index (Phi) is 6.74. The molecule has 1 N–H and O–H groups in total. The van der Waals surface area contributed by atoms with Gasteiger partial charge in [-0.3, -0.25) is 14.1 Å². The molecule has 0 bridgehead atoms. The number of hydrogen-bond acceptors (Lipinski definition) is 5. The Morgan fingerprint density at radius 3 is 2.58 bits per heavy atom. The van der Waals surface area contributed by atoms with E-state index in [-0.39, 0.29) is 24.3 Å². The van der Waals surface area contributed by atoms with Crippen LogP contribution in [0, 0.1) is 0 Å². The average Bonchev–Trinajstić information content (AvgIpc) is 2.64. The van der Waals surface area contributed by atoms with Gasteiger partial charge in [-0.2, -0.15) is 0 Å². The molecule has 2 rings (SSSR count). The first-order valence-electron chi connectivity index (χ1n) is 7.87. The van der Waals surface area contributed by atoms with Crippen LogP contribution in [0.2, 0.25) is 0 Å². The van der Waals surface area contributed by atoms with Gasteiger partial charge in [0.15, 0.2) is 0 Å². The molecule has 1 aromatic heterocycles. The van der Waals surface area contributed by atoms with E-state index in [0.717, 1.165) is 0 Å². The van der Waals surface area contributed by atoms with Crippen molar-refractivity contribution in [3.8, 4) is 5.75 Å². The molecule has 0 atom stereocenters. The number of sulfonamides is 1. The molecule has 1 heterocycles. The van der Waals surface area contributed by atoms with Crippen LogP contribution in [0.3, 0.4) is 0 Å². The minimum atomic E-state index is -3.81. The van der Waals surface area contributed by atoms with Crippen LogP contribution in [-0.2, 0) is 21.4 Å². The standard InChI is InChI=1S/C18H20N2O5S/c1-25-16-7-9-17(10-8-16)26(23,24)20(12-3-2-6-18(21)22)14-15-5-4-11-19-13-15/h3-5,7-13H,2,6,14H2,1H3,(H,21,22). The van der Waals surface area contributed by atoms with Gasteiger partial charge in [0, 0.05) is 25.0 Å². The van der Waals surface area contributed by atoms with Gasteiger partial charge in [-0.25, -0.2) is 8.42 Å². The zero-order chi connectivity index (χ0) is 19.0. The van der Waals surface area contributed by atoms with Crippen molar-refractivity contribution in [1.82, 2.24) is 9.29 Å². The maximum atomic E-state index is 13.0. The first kappa shape index (κ1) is 19.5. The van der Waals surface area contributed by atoms with E-state index in [1.54, 1.807) is 36.7 Å². The Hall–Kier alpha value is -2.87. The Bertz CT molecular complexity index is 849. The number of pyridine rings is 1. The van der Waals surface area contributed by atoms with Crippen LogP contribution in [0.25, 0.3) is 0 Å². The largest absolute Gasteiger partial charge is 0.497 e. The third-order valence-corrected chi connectivity index (χ3v) is 5.26. The smallest absolute Gasteiger partial charge is 0.303 e. The van der Waals surface area contributed by atoms with Gasteiger partial charge in [-0.1, -0.05) is 12.1 Å². The highest BCUT2D eigenvalue weighted by atomic mass is 32.2. The van der Waals surface area contributed by atoms with Crippen LogP contribution in [0.15, 0.2) is 66.0 Å². The van der Waals surface area contributed by atoms with Gasteiger partial charge in [0.1, 0.15) is 5.75 Å². The van der Waals surface area contributed by atoms with Crippen LogP contribution in [0.5, 0.6) is 5.75 Å². The molecule has 0 amide bonds. The molecule has 0 saturated carbocycles. The fourth-order valence-corrected chi connectivity index (χ4v) is 3.49. The minimum Gasteiger partial charge on any atom is -0.497 e. The lowest BCUT2D eigenvalue weighted by atomic mass is 10.3. The van der Waals surface area contributed by atoms with Gasteiger partial charge in [-0.15, -0.1) is 0 Å². The molecule has 0 fully saturated rings. The summed E-state index contributed by atoms with van der Waals surface area (Å²) < 4.78 is 32.2. The number of rotatable bonds is 9. The Morgan fingerprint density at radius 1 is 1.27 bits per heavy atom. The van der Waals surface area contributed by atoms with E-state index in [4.69, 9.17) is 9.84 Å². The summed E-state index contributed by atoms with van der Waals surface area (Å²) in [5, 5.41) is 8.72. The Labute approximate surface area is 152 Å². The van der Waals surface area contributed by atoms with Crippen LogP contribution < -0.4 is 4.74 Å². The maximum Gasteiger partial charge on any atom is 0.303 e. The summed E-state index contributed by atoms with van der Waals surface area (Å²) in [4.78, 5) is 14.7. The van der Waals surface area contributed by atoms with Crippen molar-refractivity contribution in [2.75, 3.05) is 7.11 Å². The molecular formula is C18H20N2O5S. The third kappa shape index (κ3) is 5.32. The van der Waals surface area contributed by atoms with Crippen molar-refractivity contribution < 1.29 is 23.1 Å². The number of carboxylic acid groups (broad SMARTS) is 1. The molecule has 0 saturated heterocycles. The number of hydrogen-bond donors (Lipinski definition) is 1. The normalized spacial score (nSPS) is 11.4. The van der Waals surface area contributed by atoms with Crippen molar-refractivity contribution in [3.63, 3.8) is 0 Å². The van der Waals surface area contributed by atoms with E-state index in [1.807, 2.05) is 0 Å². The van der Waals surface area contributed by atoms with Crippen molar-refractivity contribution in [2.45, 2.75) is 24.3 Å². The number of nitrogens with zero attached hydrogens (tertiary/aromatic N) is 2. The van der Waals surface area contributed by atoms with Gasteiger partial charge in [-0.05, 0) is 42.3 Å². The van der Waals surface area contributed by atoms with Crippen molar-refractivity contribution >= 4 is 16.0 Å². The average molecular weight is 376 g/mol. The van der Waals surface area contributed by atoms with Crippen LogP contribution >= 0.6 is 0 Å². The molecule has 26 heavy (non-hydrogen) atoms. The van der Waals surface area contributed by atoms with Crippen LogP contribution in [-0.4, -0.2) is 35.9 Å². The summed E-state index contributed by atoms with van der Waals surface area (Å²) in [6, 6.07) is 9.58. The quantitative estimate of drug-likeness (QED) is 0.723. The zero-order valence-corrected chi connectivity index (χ0v) is 15.1. The lowest BCUT2D eigenvalue weighted by Crippen LogP contribution is -2.25. The molecular weight excluding hydrogens is 356 g/mol. The van der Waals surface area contributed by atoms with Crippen LogP contribution in [0.1, 0.15) is 18.4 Å². The molecule has 0 aliphatic rings. The highest BCUT2D eigenvalue weighted by Gasteiger charge is 2.22. The van der Waals surface area contributed by atoms with E-state index >= 15 is 0 Å². The lowest BCUT2D eigenvalue weighted by Gasteiger charge is -2.20. The molecule has 0 spiro atoms. The molecule has 138 valence electrons. The molecule has 7 nitrogen and oxygen atoms in total. The summed E-state index contributed by atoms with van der Waals surface area (Å²) >= 11 is 0. The summed E-state index contributed by atoms with van der Waals surface area (Å²) in [5.74, 6) is -0.383. The van der Waals surface area contributed by atoms with Gasteiger partial charge >= 0.3 is 5.97 Å². The van der Waals surface area contributed by atoms with Gasteiger partial charge in [0.2, 0.25) is 0 Å². The molecule has 0 aliphatic heterocycles. The number of allylic oxidation sites excluding steroid dienone is 1. The number of carbonyl (C=O) groups is 1. The van der Waals surface area contributed by atoms with E-state index in [1.165, 1.54) is 35.8 Å². The Morgan fingerprint density at radius 2 is 2.00 bits per heavy atom. The van der Waals surface area contributed by atoms with Gasteiger partial charge in [0.25, 0.3) is 10.0 Å². The first-order chi connectivity index (χ1) is 12.4. The second-order valence-electron chi connectivity index (χ2n) is 5.40. The third-order valence-electron chi connectivity index (χ3n) is 3.52. The lowest BCUT2D eigenvalue weighted by molar-refractivity contribution is -0.136. The van der Waals surface area contributed by atoms with Crippen molar-refractivity contribution in [3.05, 3.63) is 66.6 Å². The maximum absolute atomic E-state index is 13.0. The highest BCUT2D eigenvalue weighted by molar-refractivity contribution is 7.89. The zero-order valence-electron chi connectivity index (χ0n) is 14.3. The van der Waals surface area contributed by atoms with Gasteiger partial charge < -0.3 is 9.84 Å². The van der Waals surface area contributed by atoms with E-state index in [0.29, 0.717) is 11.3 Å². The molecule has 1 aromatic carbocycles. The van der Waals surface area contributed by atoms with Crippen LogP contribution in [0.4, 0.5) is 0 Å². The highest BCUT2D eigenvalue weighted by Crippen LogP contribution is 2.21. The molecule has 0 radical (unpaired) electrons. The summed E-state index contributed by atoms with van der Waals surface area (Å²) in [5.41, 5.74) is 0.715. The number of aromatic nitrogens is 1. The number of ether oxygens (including phenoxy) is 1. The van der Waals surface area contributed by atoms with E-state index in [9.17, 15) is 13.2 Å². The fourth-order valence-electron chi connectivity index (χ4n) is 2.17. The number of benzene rings is 1. The monoisotopic (exact) mass is 376 g/mol. The second kappa shape index (κ2) is 9.00. The predicted octanol–water partition coefficient (Wildman–Crippen LogP) is 2.66. The summed E-state index contributed by atoms with van der Waals surface area (Å²) in [7, 11) is -2.31. The summed E-state index contributed by atoms with van der Waals surface area (Å²) in [6.45, 7) is 0.0891. The number of aliphatic carboxylic acids is 1.